The molecule has 0 aromatic heterocycles. The normalized spacial score (nSPS) is 16.7. The largest absolute Gasteiger partial charge is 0.238 e. The summed E-state index contributed by atoms with van der Waals surface area (Å²) in [6, 6.07) is 26.2. The molecule has 0 saturated heterocycles. The molecule has 0 aliphatic heterocycles. The van der Waals surface area contributed by atoms with E-state index in [-0.39, 0.29) is 27.4 Å². The molecule has 0 bridgehead atoms. The lowest BCUT2D eigenvalue weighted by Gasteiger charge is -2.10. The standard InChI is InChI=1S/C20H19FO2S.C19H18FNO2S/c1-20(2)12-18(14-4-8-16(21)9-5-14)19(13-20)15-6-10-17(11-7-15)24(3,22)23;1-19(2)11-17(13-3-7-15(20)8-4-13)18(12-19)14-5-9-16(10-6-14)24(21,22)23/h4-13H,1-3H3;3-12H,1-2H3,(H2,21,22,23). The summed E-state index contributed by atoms with van der Waals surface area (Å²) in [7, 11) is -6.92. The minimum atomic E-state index is -3.71. The first-order chi connectivity index (χ1) is 22.3. The van der Waals surface area contributed by atoms with Gasteiger partial charge in [0.05, 0.1) is 9.79 Å². The first-order valence-corrected chi connectivity index (χ1v) is 18.6. The Balaban J connectivity index is 0.000000188. The fourth-order valence-corrected chi connectivity index (χ4v) is 6.95. The number of allylic oxidation sites excluding steroid dienone is 8. The molecule has 0 unspecified atom stereocenters. The quantitative estimate of drug-likeness (QED) is 0.220. The predicted octanol–water partition coefficient (Wildman–Crippen LogP) is 8.72. The van der Waals surface area contributed by atoms with Crippen LogP contribution in [0.5, 0.6) is 0 Å². The summed E-state index contributed by atoms with van der Waals surface area (Å²) in [6.45, 7) is 8.38. The summed E-state index contributed by atoms with van der Waals surface area (Å²) in [5.41, 5.74) is 7.51. The van der Waals surface area contributed by atoms with Gasteiger partial charge in [0.15, 0.2) is 9.84 Å². The molecule has 9 heteroatoms. The fourth-order valence-electron chi connectivity index (χ4n) is 5.80. The van der Waals surface area contributed by atoms with E-state index in [1.165, 1.54) is 42.7 Å². The van der Waals surface area contributed by atoms with Crippen LogP contribution >= 0.6 is 0 Å². The second-order valence-electron chi connectivity index (χ2n) is 13.3. The molecule has 2 aliphatic rings. The number of benzene rings is 4. The third kappa shape index (κ3) is 8.16. The third-order valence-corrected chi connectivity index (χ3v) is 10.1. The number of sulfonamides is 1. The van der Waals surface area contributed by atoms with E-state index in [1.54, 1.807) is 48.5 Å². The van der Waals surface area contributed by atoms with Gasteiger partial charge < -0.3 is 0 Å². The lowest BCUT2D eigenvalue weighted by atomic mass is 9.95. The highest BCUT2D eigenvalue weighted by Gasteiger charge is 2.27. The number of hydrogen-bond donors (Lipinski definition) is 1. The average molecular weight is 686 g/mol. The van der Waals surface area contributed by atoms with E-state index in [0.717, 1.165) is 44.5 Å². The first kappa shape index (κ1) is 34.9. The van der Waals surface area contributed by atoms with Gasteiger partial charge in [-0.3, -0.25) is 0 Å². The van der Waals surface area contributed by atoms with Gasteiger partial charge in [-0.25, -0.2) is 30.8 Å². The van der Waals surface area contributed by atoms with Crippen molar-refractivity contribution < 1.29 is 25.6 Å². The molecule has 0 saturated carbocycles. The van der Waals surface area contributed by atoms with Gasteiger partial charge in [-0.2, -0.15) is 0 Å². The molecule has 0 fully saturated rings. The van der Waals surface area contributed by atoms with Gasteiger partial charge in [-0.1, -0.05) is 101 Å². The Kier molecular flexibility index (Phi) is 9.36. The van der Waals surface area contributed by atoms with Gasteiger partial charge in [-0.05, 0) is 93.1 Å². The van der Waals surface area contributed by atoms with Crippen LogP contribution in [0.15, 0.2) is 131 Å². The predicted molar refractivity (Wildman–Crippen MR) is 190 cm³/mol. The van der Waals surface area contributed by atoms with Gasteiger partial charge in [0, 0.05) is 17.1 Å². The minimum Gasteiger partial charge on any atom is -0.225 e. The Morgan fingerprint density at radius 2 is 0.708 bits per heavy atom. The maximum Gasteiger partial charge on any atom is 0.238 e. The Hall–Kier alpha value is -4.44. The molecule has 5 nitrogen and oxygen atoms in total. The van der Waals surface area contributed by atoms with Crippen molar-refractivity contribution in [2.75, 3.05) is 6.26 Å². The van der Waals surface area contributed by atoms with Crippen molar-refractivity contribution >= 4 is 42.2 Å². The second-order valence-corrected chi connectivity index (χ2v) is 16.8. The molecule has 0 heterocycles. The molecule has 2 N–H and O–H groups in total. The monoisotopic (exact) mass is 685 g/mol. The van der Waals surface area contributed by atoms with Crippen molar-refractivity contribution in [3.63, 3.8) is 0 Å². The maximum atomic E-state index is 13.2. The second kappa shape index (κ2) is 12.9. The van der Waals surface area contributed by atoms with Crippen molar-refractivity contribution in [3.8, 4) is 0 Å². The van der Waals surface area contributed by atoms with E-state index in [1.807, 2.05) is 12.1 Å². The van der Waals surface area contributed by atoms with Crippen molar-refractivity contribution in [3.05, 3.63) is 155 Å². The van der Waals surface area contributed by atoms with Crippen molar-refractivity contribution in [1.82, 2.24) is 0 Å². The Bertz CT molecular complexity index is 2030. The van der Waals surface area contributed by atoms with Crippen LogP contribution in [-0.2, 0) is 19.9 Å². The molecular weight excluding hydrogens is 649 g/mol. The molecule has 0 radical (unpaired) electrons. The summed E-state index contributed by atoms with van der Waals surface area (Å²) in [4.78, 5) is 0.382. The highest BCUT2D eigenvalue weighted by Crippen LogP contribution is 2.45. The van der Waals surface area contributed by atoms with Gasteiger partial charge in [0.2, 0.25) is 10.0 Å². The molecule has 6 rings (SSSR count). The highest BCUT2D eigenvalue weighted by molar-refractivity contribution is 7.90. The highest BCUT2D eigenvalue weighted by atomic mass is 32.2. The maximum absolute atomic E-state index is 13.2. The van der Waals surface area contributed by atoms with Crippen LogP contribution in [-0.4, -0.2) is 23.1 Å². The Morgan fingerprint density at radius 3 is 0.958 bits per heavy atom. The zero-order chi connectivity index (χ0) is 35.1. The van der Waals surface area contributed by atoms with E-state index < -0.39 is 19.9 Å². The molecule has 2 aliphatic carbocycles. The van der Waals surface area contributed by atoms with E-state index >= 15 is 0 Å². The van der Waals surface area contributed by atoms with E-state index in [4.69, 9.17) is 5.14 Å². The first-order valence-electron chi connectivity index (χ1n) is 15.2. The molecule has 4 aromatic carbocycles. The van der Waals surface area contributed by atoms with E-state index in [9.17, 15) is 25.6 Å². The summed E-state index contributed by atoms with van der Waals surface area (Å²) >= 11 is 0. The minimum absolute atomic E-state index is 0.0800. The zero-order valence-electron chi connectivity index (χ0n) is 27.3. The smallest absolute Gasteiger partial charge is 0.225 e. The molecule has 0 spiro atoms. The topological polar surface area (TPSA) is 94.3 Å². The summed E-state index contributed by atoms with van der Waals surface area (Å²) < 4.78 is 72.5. The van der Waals surface area contributed by atoms with Crippen molar-refractivity contribution in [1.29, 1.82) is 0 Å². The summed E-state index contributed by atoms with van der Waals surface area (Å²) in [6.07, 6.45) is 9.76. The molecule has 0 atom stereocenters. The molecule has 4 aromatic rings. The fraction of sp³-hybridized carbons (Fsp3) is 0.179. The van der Waals surface area contributed by atoms with Crippen LogP contribution in [0.4, 0.5) is 8.78 Å². The number of sulfone groups is 1. The number of halogens is 2. The van der Waals surface area contributed by atoms with Crippen LogP contribution in [0.1, 0.15) is 49.9 Å². The number of nitrogens with two attached hydrogens (primary N) is 1. The molecule has 0 amide bonds. The lowest BCUT2D eigenvalue weighted by Crippen LogP contribution is -2.11. The van der Waals surface area contributed by atoms with Crippen molar-refractivity contribution in [2.45, 2.75) is 37.5 Å². The van der Waals surface area contributed by atoms with Gasteiger partial charge in [0.1, 0.15) is 11.6 Å². The molecule has 248 valence electrons. The van der Waals surface area contributed by atoms with E-state index in [0.29, 0.717) is 4.90 Å². The number of primary sulfonamides is 1. The third-order valence-electron chi connectivity index (χ3n) is 8.04. The Labute approximate surface area is 281 Å². The SMILES string of the molecule is CC1(C)C=C(c2ccc(F)cc2)C(c2ccc(S(C)(=O)=O)cc2)=C1.CC1(C)C=C(c2ccc(F)cc2)C(c2ccc(S(N)(=O)=O)cc2)=C1. The van der Waals surface area contributed by atoms with Crippen LogP contribution in [0.2, 0.25) is 0 Å². The van der Waals surface area contributed by atoms with Gasteiger partial charge in [-0.15, -0.1) is 0 Å². The van der Waals surface area contributed by atoms with E-state index in [2.05, 4.69) is 52.0 Å². The van der Waals surface area contributed by atoms with Crippen LogP contribution < -0.4 is 5.14 Å². The van der Waals surface area contributed by atoms with Gasteiger partial charge in [0.25, 0.3) is 0 Å². The molecule has 48 heavy (non-hydrogen) atoms. The lowest BCUT2D eigenvalue weighted by molar-refractivity contribution is 0.597. The van der Waals surface area contributed by atoms with Crippen molar-refractivity contribution in [2.24, 2.45) is 16.0 Å². The van der Waals surface area contributed by atoms with Crippen LogP contribution in [0.25, 0.3) is 22.3 Å². The number of hydrogen-bond acceptors (Lipinski definition) is 4. The summed E-state index contributed by atoms with van der Waals surface area (Å²) in [5.74, 6) is -0.542. The average Bonchev–Trinajstić information content (AvgIpc) is 3.52. The zero-order valence-corrected chi connectivity index (χ0v) is 29.0. The molecular formula is C39H37F2NO4S2. The van der Waals surface area contributed by atoms with Crippen LogP contribution in [0, 0.1) is 22.5 Å². The summed E-state index contributed by atoms with van der Waals surface area (Å²) in [5, 5.41) is 5.15. The number of rotatable bonds is 6. The Morgan fingerprint density at radius 1 is 0.458 bits per heavy atom. The van der Waals surface area contributed by atoms with Gasteiger partial charge >= 0.3 is 0 Å². The van der Waals surface area contributed by atoms with Crippen LogP contribution in [0.3, 0.4) is 0 Å².